The Balaban J connectivity index is 0. The smallest absolute Gasteiger partial charge is 0.226 e. The third kappa shape index (κ3) is 5.31. The van der Waals surface area contributed by atoms with E-state index in [2.05, 4.69) is 17.1 Å². The highest BCUT2D eigenvalue weighted by atomic mass is 35.5. The van der Waals surface area contributed by atoms with Crippen molar-refractivity contribution in [1.29, 1.82) is 0 Å². The fourth-order valence-corrected chi connectivity index (χ4v) is 2.09. The highest BCUT2D eigenvalue weighted by molar-refractivity contribution is 5.85. The van der Waals surface area contributed by atoms with Crippen molar-refractivity contribution >= 4 is 30.7 Å². The predicted octanol–water partition coefficient (Wildman–Crippen LogP) is 1.42. The van der Waals surface area contributed by atoms with Crippen LogP contribution in [0.25, 0.3) is 0 Å². The van der Waals surface area contributed by atoms with Gasteiger partial charge >= 0.3 is 0 Å². The Kier molecular flexibility index (Phi) is 10.1. The van der Waals surface area contributed by atoms with Gasteiger partial charge in [-0.25, -0.2) is 0 Å². The van der Waals surface area contributed by atoms with Crippen LogP contribution in [-0.4, -0.2) is 43.0 Å². The number of amides is 1. The molecule has 0 spiro atoms. The van der Waals surface area contributed by atoms with E-state index in [1.54, 1.807) is 0 Å². The Hall–Kier alpha value is -0.0300. The minimum atomic E-state index is -0.449. The molecule has 0 bridgehead atoms. The third-order valence-electron chi connectivity index (χ3n) is 3.53. The van der Waals surface area contributed by atoms with Gasteiger partial charge in [0, 0.05) is 19.1 Å². The molecule has 1 heterocycles. The molecule has 1 atom stereocenters. The molecule has 110 valence electrons. The van der Waals surface area contributed by atoms with Crippen molar-refractivity contribution in [1.82, 2.24) is 10.2 Å². The topological polar surface area (TPSA) is 58.4 Å². The maximum absolute atomic E-state index is 11.8. The van der Waals surface area contributed by atoms with Crippen molar-refractivity contribution in [3.05, 3.63) is 0 Å². The highest BCUT2D eigenvalue weighted by Crippen LogP contribution is 2.17. The molecule has 1 rings (SSSR count). The van der Waals surface area contributed by atoms with Crippen LogP contribution in [0.5, 0.6) is 0 Å². The van der Waals surface area contributed by atoms with Gasteiger partial charge in [0.25, 0.3) is 0 Å². The Bertz CT molecular complexity index is 249. The molecule has 1 saturated heterocycles. The van der Waals surface area contributed by atoms with E-state index < -0.39 is 5.41 Å². The van der Waals surface area contributed by atoms with Gasteiger partial charge in [-0.05, 0) is 39.8 Å². The van der Waals surface area contributed by atoms with Crippen LogP contribution in [0.2, 0.25) is 0 Å². The number of hydrogen-bond donors (Lipinski definition) is 2. The van der Waals surface area contributed by atoms with Gasteiger partial charge in [0.2, 0.25) is 5.91 Å². The zero-order valence-corrected chi connectivity index (χ0v) is 13.2. The van der Waals surface area contributed by atoms with Gasteiger partial charge in [0.1, 0.15) is 0 Å². The van der Waals surface area contributed by atoms with Crippen molar-refractivity contribution in [3.8, 4) is 0 Å². The summed E-state index contributed by atoms with van der Waals surface area (Å²) in [5, 5.41) is 3.02. The molecule has 1 aliphatic rings. The van der Waals surface area contributed by atoms with E-state index in [-0.39, 0.29) is 30.7 Å². The van der Waals surface area contributed by atoms with Crippen LogP contribution < -0.4 is 11.1 Å². The van der Waals surface area contributed by atoms with Crippen molar-refractivity contribution in [2.75, 3.05) is 26.2 Å². The number of hydrogen-bond acceptors (Lipinski definition) is 3. The monoisotopic (exact) mass is 299 g/mol. The lowest BCUT2D eigenvalue weighted by atomic mass is 9.92. The fraction of sp³-hybridized carbons (Fsp3) is 0.917. The van der Waals surface area contributed by atoms with Crippen LogP contribution in [0.4, 0.5) is 0 Å². The summed E-state index contributed by atoms with van der Waals surface area (Å²) in [6, 6.07) is 0.516. The van der Waals surface area contributed by atoms with Crippen LogP contribution in [0, 0.1) is 5.41 Å². The molecule has 1 aliphatic heterocycles. The molecule has 0 aromatic heterocycles. The second kappa shape index (κ2) is 8.97. The first kappa shape index (κ1) is 20.3. The lowest BCUT2D eigenvalue weighted by Crippen LogP contribution is -2.46. The number of likely N-dealkylation sites (N-methyl/N-ethyl adjacent to an activating group) is 1. The van der Waals surface area contributed by atoms with Crippen molar-refractivity contribution < 1.29 is 4.79 Å². The Morgan fingerprint density at radius 2 is 2.06 bits per heavy atom. The number of carbonyl (C=O) groups is 1. The first-order chi connectivity index (χ1) is 7.51. The van der Waals surface area contributed by atoms with Gasteiger partial charge in [-0.15, -0.1) is 24.8 Å². The molecule has 18 heavy (non-hydrogen) atoms. The van der Waals surface area contributed by atoms with Crippen molar-refractivity contribution in [2.45, 2.75) is 39.7 Å². The van der Waals surface area contributed by atoms with E-state index in [1.165, 1.54) is 12.8 Å². The molecule has 0 saturated carbocycles. The lowest BCUT2D eigenvalue weighted by Gasteiger charge is -2.26. The molecule has 3 N–H and O–H groups in total. The molecule has 0 aromatic carbocycles. The Morgan fingerprint density at radius 3 is 2.56 bits per heavy atom. The minimum absolute atomic E-state index is 0. The summed E-state index contributed by atoms with van der Waals surface area (Å²) in [6.07, 6.45) is 2.44. The second-order valence-corrected chi connectivity index (χ2v) is 5.22. The summed E-state index contributed by atoms with van der Waals surface area (Å²) in [5.74, 6) is 0.0675. The SMILES string of the molecule is CCN1CCCC1CNC(=O)C(C)(C)CN.Cl.Cl. The number of halogens is 2. The van der Waals surface area contributed by atoms with E-state index in [4.69, 9.17) is 5.73 Å². The number of likely N-dealkylation sites (tertiary alicyclic amines) is 1. The molecule has 1 unspecified atom stereocenters. The van der Waals surface area contributed by atoms with Crippen LogP contribution in [-0.2, 0) is 4.79 Å². The number of nitrogens with two attached hydrogens (primary N) is 1. The predicted molar refractivity (Wildman–Crippen MR) is 80.6 cm³/mol. The van der Waals surface area contributed by atoms with E-state index in [0.717, 1.165) is 19.6 Å². The third-order valence-corrected chi connectivity index (χ3v) is 3.53. The maximum Gasteiger partial charge on any atom is 0.226 e. The van der Waals surface area contributed by atoms with Crippen LogP contribution in [0.15, 0.2) is 0 Å². The quantitative estimate of drug-likeness (QED) is 0.807. The van der Waals surface area contributed by atoms with Crippen LogP contribution in [0.1, 0.15) is 33.6 Å². The van der Waals surface area contributed by atoms with Gasteiger partial charge in [-0.1, -0.05) is 6.92 Å². The second-order valence-electron chi connectivity index (χ2n) is 5.22. The molecule has 4 nitrogen and oxygen atoms in total. The first-order valence-electron chi connectivity index (χ1n) is 6.23. The molecule has 6 heteroatoms. The number of nitrogens with one attached hydrogen (secondary N) is 1. The summed E-state index contributed by atoms with van der Waals surface area (Å²) in [7, 11) is 0. The molecular formula is C12H27Cl2N3O. The van der Waals surface area contributed by atoms with E-state index >= 15 is 0 Å². The van der Waals surface area contributed by atoms with Crippen LogP contribution in [0.3, 0.4) is 0 Å². The summed E-state index contributed by atoms with van der Waals surface area (Å²) in [4.78, 5) is 14.3. The Labute approximate surface area is 123 Å². The standard InChI is InChI=1S/C12H25N3O.2ClH/c1-4-15-7-5-6-10(15)8-14-11(16)12(2,3)9-13;;/h10H,4-9,13H2,1-3H3,(H,14,16);2*1H. The summed E-state index contributed by atoms with van der Waals surface area (Å²) in [5.41, 5.74) is 5.12. The highest BCUT2D eigenvalue weighted by Gasteiger charge is 2.28. The normalized spacial score (nSPS) is 19.9. The number of rotatable bonds is 5. The van der Waals surface area contributed by atoms with E-state index in [0.29, 0.717) is 12.6 Å². The van der Waals surface area contributed by atoms with E-state index in [9.17, 15) is 4.79 Å². The van der Waals surface area contributed by atoms with Crippen molar-refractivity contribution in [3.63, 3.8) is 0 Å². The molecule has 0 aromatic rings. The average molecular weight is 300 g/mol. The van der Waals surface area contributed by atoms with Gasteiger partial charge in [0.15, 0.2) is 0 Å². The fourth-order valence-electron chi connectivity index (χ4n) is 2.09. The van der Waals surface area contributed by atoms with Crippen LogP contribution >= 0.6 is 24.8 Å². The summed E-state index contributed by atoms with van der Waals surface area (Å²) >= 11 is 0. The summed E-state index contributed by atoms with van der Waals surface area (Å²) in [6.45, 7) is 9.32. The molecule has 0 radical (unpaired) electrons. The molecule has 1 fully saturated rings. The van der Waals surface area contributed by atoms with Gasteiger partial charge in [-0.3, -0.25) is 9.69 Å². The largest absolute Gasteiger partial charge is 0.354 e. The minimum Gasteiger partial charge on any atom is -0.354 e. The van der Waals surface area contributed by atoms with Crippen molar-refractivity contribution in [2.24, 2.45) is 11.1 Å². The maximum atomic E-state index is 11.8. The van der Waals surface area contributed by atoms with Gasteiger partial charge < -0.3 is 11.1 Å². The lowest BCUT2D eigenvalue weighted by molar-refractivity contribution is -0.129. The number of carbonyl (C=O) groups excluding carboxylic acids is 1. The molecule has 1 amide bonds. The van der Waals surface area contributed by atoms with Gasteiger partial charge in [0.05, 0.1) is 5.41 Å². The summed E-state index contributed by atoms with van der Waals surface area (Å²) < 4.78 is 0. The molecular weight excluding hydrogens is 273 g/mol. The Morgan fingerprint density at radius 1 is 1.44 bits per heavy atom. The van der Waals surface area contributed by atoms with Gasteiger partial charge in [-0.2, -0.15) is 0 Å². The van der Waals surface area contributed by atoms with E-state index in [1.807, 2.05) is 13.8 Å². The zero-order valence-electron chi connectivity index (χ0n) is 11.6. The number of nitrogens with zero attached hydrogens (tertiary/aromatic N) is 1. The average Bonchev–Trinajstić information content (AvgIpc) is 2.72. The first-order valence-corrected chi connectivity index (χ1v) is 6.23. The zero-order chi connectivity index (χ0) is 12.2. The molecule has 0 aliphatic carbocycles.